The molecule has 1 amide bonds. The molecule has 0 unspecified atom stereocenters. The Morgan fingerprint density at radius 2 is 1.82 bits per heavy atom. The Labute approximate surface area is 105 Å². The molecule has 0 aromatic carbocycles. The predicted octanol–water partition coefficient (Wildman–Crippen LogP) is 3.44. The lowest BCUT2D eigenvalue weighted by Gasteiger charge is -2.30. The monoisotopic (exact) mass is 241 g/mol. The van der Waals surface area contributed by atoms with Gasteiger partial charge >= 0.3 is 0 Å². The molecule has 1 fully saturated rings. The number of amides is 1. The summed E-state index contributed by atoms with van der Waals surface area (Å²) in [7, 11) is 0. The SMILES string of the molecule is CC(C)CC1(C(=O)NOC(C)(C)C)CCCC1. The first-order valence-electron chi connectivity index (χ1n) is 6.74. The summed E-state index contributed by atoms with van der Waals surface area (Å²) in [5.41, 5.74) is 2.16. The Morgan fingerprint density at radius 1 is 1.29 bits per heavy atom. The number of carbonyl (C=O) groups excluding carboxylic acids is 1. The number of hydrogen-bond acceptors (Lipinski definition) is 2. The fourth-order valence-electron chi connectivity index (χ4n) is 2.66. The van der Waals surface area contributed by atoms with E-state index in [1.54, 1.807) is 0 Å². The maximum absolute atomic E-state index is 12.3. The van der Waals surface area contributed by atoms with Gasteiger partial charge in [0, 0.05) is 0 Å². The summed E-state index contributed by atoms with van der Waals surface area (Å²) < 4.78 is 0. The molecule has 0 aromatic rings. The predicted molar refractivity (Wildman–Crippen MR) is 69.3 cm³/mol. The number of hydrogen-bond donors (Lipinski definition) is 1. The van der Waals surface area contributed by atoms with Crippen LogP contribution in [-0.4, -0.2) is 11.5 Å². The minimum absolute atomic E-state index is 0.0821. The maximum Gasteiger partial charge on any atom is 0.249 e. The van der Waals surface area contributed by atoms with E-state index in [1.165, 1.54) is 0 Å². The van der Waals surface area contributed by atoms with Gasteiger partial charge < -0.3 is 0 Å². The van der Waals surface area contributed by atoms with E-state index < -0.39 is 0 Å². The second-order valence-electron chi connectivity index (χ2n) is 6.73. The third kappa shape index (κ3) is 4.30. The molecule has 1 saturated carbocycles. The number of rotatable bonds is 4. The molecule has 0 heterocycles. The molecule has 100 valence electrons. The highest BCUT2D eigenvalue weighted by Crippen LogP contribution is 2.43. The highest BCUT2D eigenvalue weighted by atomic mass is 16.7. The normalized spacial score (nSPS) is 19.6. The minimum Gasteiger partial charge on any atom is -0.272 e. The molecule has 1 N–H and O–H groups in total. The van der Waals surface area contributed by atoms with Crippen LogP contribution in [0.25, 0.3) is 0 Å². The van der Waals surface area contributed by atoms with Crippen LogP contribution in [0.1, 0.15) is 66.7 Å². The van der Waals surface area contributed by atoms with Gasteiger partial charge in [0.15, 0.2) is 0 Å². The summed E-state index contributed by atoms with van der Waals surface area (Å²) in [6, 6.07) is 0. The molecule has 0 bridgehead atoms. The van der Waals surface area contributed by atoms with Crippen LogP contribution >= 0.6 is 0 Å². The first-order valence-corrected chi connectivity index (χ1v) is 6.74. The van der Waals surface area contributed by atoms with Crippen LogP contribution in [0.4, 0.5) is 0 Å². The van der Waals surface area contributed by atoms with Gasteiger partial charge in [0.2, 0.25) is 5.91 Å². The fraction of sp³-hybridized carbons (Fsp3) is 0.929. The quantitative estimate of drug-likeness (QED) is 0.766. The molecule has 0 saturated heterocycles. The van der Waals surface area contributed by atoms with Crippen LogP contribution in [0.3, 0.4) is 0 Å². The lowest BCUT2D eigenvalue weighted by atomic mass is 9.78. The molecule has 1 aliphatic rings. The molecule has 1 aliphatic carbocycles. The van der Waals surface area contributed by atoms with Crippen LogP contribution in [0.5, 0.6) is 0 Å². The van der Waals surface area contributed by atoms with Crippen molar-refractivity contribution < 1.29 is 9.63 Å². The highest BCUT2D eigenvalue weighted by molar-refractivity contribution is 5.82. The lowest BCUT2D eigenvalue weighted by Crippen LogP contribution is -2.43. The number of hydroxylamine groups is 1. The highest BCUT2D eigenvalue weighted by Gasteiger charge is 2.41. The number of carbonyl (C=O) groups is 1. The van der Waals surface area contributed by atoms with Gasteiger partial charge in [0.25, 0.3) is 0 Å². The van der Waals surface area contributed by atoms with Crippen molar-refractivity contribution in [2.24, 2.45) is 11.3 Å². The Hall–Kier alpha value is -0.570. The van der Waals surface area contributed by atoms with Crippen molar-refractivity contribution in [2.75, 3.05) is 0 Å². The van der Waals surface area contributed by atoms with E-state index in [-0.39, 0.29) is 16.9 Å². The summed E-state index contributed by atoms with van der Waals surface area (Å²) in [5, 5.41) is 0. The zero-order chi connectivity index (χ0) is 13.1. The summed E-state index contributed by atoms with van der Waals surface area (Å²) in [6.07, 6.45) is 5.30. The van der Waals surface area contributed by atoms with Crippen molar-refractivity contribution >= 4 is 5.91 Å². The zero-order valence-corrected chi connectivity index (χ0v) is 11.9. The number of nitrogens with one attached hydrogen (secondary N) is 1. The second-order valence-corrected chi connectivity index (χ2v) is 6.73. The third-order valence-corrected chi connectivity index (χ3v) is 3.29. The van der Waals surface area contributed by atoms with Gasteiger partial charge in [-0.3, -0.25) is 9.63 Å². The van der Waals surface area contributed by atoms with Gasteiger partial charge in [-0.05, 0) is 46.0 Å². The minimum atomic E-state index is -0.326. The van der Waals surface area contributed by atoms with Crippen molar-refractivity contribution in [2.45, 2.75) is 72.3 Å². The third-order valence-electron chi connectivity index (χ3n) is 3.29. The molecule has 0 spiro atoms. The van der Waals surface area contributed by atoms with E-state index >= 15 is 0 Å². The molecule has 17 heavy (non-hydrogen) atoms. The molecule has 1 rings (SSSR count). The lowest BCUT2D eigenvalue weighted by molar-refractivity contribution is -0.156. The van der Waals surface area contributed by atoms with Crippen molar-refractivity contribution in [1.29, 1.82) is 0 Å². The molecule has 0 atom stereocenters. The van der Waals surface area contributed by atoms with Crippen LogP contribution in [0.15, 0.2) is 0 Å². The van der Waals surface area contributed by atoms with Gasteiger partial charge in [-0.25, -0.2) is 5.48 Å². The van der Waals surface area contributed by atoms with Crippen molar-refractivity contribution in [3.05, 3.63) is 0 Å². The van der Waals surface area contributed by atoms with Gasteiger partial charge in [0.1, 0.15) is 0 Å². The molecule has 3 nitrogen and oxygen atoms in total. The Balaban J connectivity index is 2.61. The summed E-state index contributed by atoms with van der Waals surface area (Å²) in [5.74, 6) is 0.632. The van der Waals surface area contributed by atoms with E-state index in [1.807, 2.05) is 20.8 Å². The first-order chi connectivity index (χ1) is 7.75. The van der Waals surface area contributed by atoms with Gasteiger partial charge in [-0.2, -0.15) is 0 Å². The second kappa shape index (κ2) is 5.38. The first kappa shape index (κ1) is 14.5. The summed E-state index contributed by atoms with van der Waals surface area (Å²) in [4.78, 5) is 17.7. The van der Waals surface area contributed by atoms with E-state index in [0.717, 1.165) is 32.1 Å². The van der Waals surface area contributed by atoms with Crippen molar-refractivity contribution in [1.82, 2.24) is 5.48 Å². The molecular weight excluding hydrogens is 214 g/mol. The van der Waals surface area contributed by atoms with Crippen molar-refractivity contribution in [3.8, 4) is 0 Å². The van der Waals surface area contributed by atoms with Crippen LogP contribution in [-0.2, 0) is 9.63 Å². The van der Waals surface area contributed by atoms with Crippen LogP contribution in [0.2, 0.25) is 0 Å². The average molecular weight is 241 g/mol. The van der Waals surface area contributed by atoms with E-state index in [0.29, 0.717) is 5.92 Å². The largest absolute Gasteiger partial charge is 0.272 e. The standard InChI is InChI=1S/C14H27NO2/c1-11(2)10-14(8-6-7-9-14)12(16)15-17-13(3,4)5/h11H,6-10H2,1-5H3,(H,15,16). The fourth-order valence-corrected chi connectivity index (χ4v) is 2.66. The van der Waals surface area contributed by atoms with Gasteiger partial charge in [0.05, 0.1) is 11.0 Å². The molecule has 0 radical (unpaired) electrons. The van der Waals surface area contributed by atoms with E-state index in [2.05, 4.69) is 19.3 Å². The van der Waals surface area contributed by atoms with E-state index in [9.17, 15) is 4.79 Å². The molecule has 0 aliphatic heterocycles. The summed E-state index contributed by atoms with van der Waals surface area (Å²) >= 11 is 0. The molecule has 3 heteroatoms. The smallest absolute Gasteiger partial charge is 0.249 e. The van der Waals surface area contributed by atoms with Crippen LogP contribution < -0.4 is 5.48 Å². The Kier molecular flexibility index (Phi) is 4.59. The van der Waals surface area contributed by atoms with E-state index in [4.69, 9.17) is 4.84 Å². The maximum atomic E-state index is 12.3. The topological polar surface area (TPSA) is 38.3 Å². The van der Waals surface area contributed by atoms with Gasteiger partial charge in [-0.15, -0.1) is 0 Å². The summed E-state index contributed by atoms with van der Waals surface area (Å²) in [6.45, 7) is 10.2. The zero-order valence-electron chi connectivity index (χ0n) is 11.9. The Bertz CT molecular complexity index is 260. The van der Waals surface area contributed by atoms with Gasteiger partial charge in [-0.1, -0.05) is 26.7 Å². The average Bonchev–Trinajstić information content (AvgIpc) is 2.61. The Morgan fingerprint density at radius 3 is 2.24 bits per heavy atom. The molecule has 0 aromatic heterocycles. The van der Waals surface area contributed by atoms with Crippen molar-refractivity contribution in [3.63, 3.8) is 0 Å². The molecular formula is C14H27NO2. The van der Waals surface area contributed by atoms with Crippen LogP contribution in [0, 0.1) is 11.3 Å².